The molecule has 0 aliphatic carbocycles. The second-order valence-corrected chi connectivity index (χ2v) is 10.2. The van der Waals surface area contributed by atoms with Gasteiger partial charge in [0.25, 0.3) is 0 Å². The first-order valence-corrected chi connectivity index (χ1v) is 12.5. The molecule has 8 heteroatoms. The zero-order chi connectivity index (χ0) is 21.0. The van der Waals surface area contributed by atoms with Crippen molar-refractivity contribution in [2.24, 2.45) is 5.92 Å². The summed E-state index contributed by atoms with van der Waals surface area (Å²) in [5.41, 5.74) is 2.28. The van der Waals surface area contributed by atoms with Gasteiger partial charge in [-0.05, 0) is 67.3 Å². The molecule has 0 N–H and O–H groups in total. The lowest BCUT2D eigenvalue weighted by Crippen LogP contribution is -2.35. The van der Waals surface area contributed by atoms with Crippen LogP contribution in [0.2, 0.25) is 0 Å². The molecule has 0 saturated carbocycles. The molecule has 0 unspecified atom stereocenters. The SMILES string of the molecule is CS(=O)(=O)N1CCc2cc(OCCCC3CCN(c4ccncn4)CC3)ccc2C1. The molecule has 2 aliphatic heterocycles. The summed E-state index contributed by atoms with van der Waals surface area (Å²) < 4.78 is 31.0. The van der Waals surface area contributed by atoms with E-state index in [0.717, 1.165) is 55.6 Å². The summed E-state index contributed by atoms with van der Waals surface area (Å²) in [6.07, 6.45) is 10.1. The van der Waals surface area contributed by atoms with Gasteiger partial charge in [0.05, 0.1) is 12.9 Å². The number of sulfonamides is 1. The number of ether oxygens (including phenoxy) is 1. The summed E-state index contributed by atoms with van der Waals surface area (Å²) >= 11 is 0. The highest BCUT2D eigenvalue weighted by atomic mass is 32.2. The van der Waals surface area contributed by atoms with E-state index in [-0.39, 0.29) is 0 Å². The third-order valence-electron chi connectivity index (χ3n) is 6.15. The van der Waals surface area contributed by atoms with Crippen LogP contribution in [-0.4, -0.2) is 55.2 Å². The van der Waals surface area contributed by atoms with Gasteiger partial charge in [-0.15, -0.1) is 0 Å². The fourth-order valence-electron chi connectivity index (χ4n) is 4.36. The Balaban J connectivity index is 1.19. The Morgan fingerprint density at radius 3 is 2.70 bits per heavy atom. The number of hydrogen-bond acceptors (Lipinski definition) is 6. The van der Waals surface area contributed by atoms with Crippen molar-refractivity contribution in [2.75, 3.05) is 37.4 Å². The fraction of sp³-hybridized carbons (Fsp3) is 0.545. The molecule has 7 nitrogen and oxygen atoms in total. The summed E-state index contributed by atoms with van der Waals surface area (Å²) in [4.78, 5) is 10.7. The molecular formula is C22H30N4O3S. The van der Waals surface area contributed by atoms with Crippen molar-refractivity contribution < 1.29 is 13.2 Å². The van der Waals surface area contributed by atoms with Crippen molar-refractivity contribution in [3.8, 4) is 5.75 Å². The van der Waals surface area contributed by atoms with E-state index in [1.165, 1.54) is 35.4 Å². The maximum absolute atomic E-state index is 11.8. The van der Waals surface area contributed by atoms with Crippen molar-refractivity contribution in [1.82, 2.24) is 14.3 Å². The van der Waals surface area contributed by atoms with Gasteiger partial charge in [-0.3, -0.25) is 0 Å². The maximum atomic E-state index is 11.8. The summed E-state index contributed by atoms with van der Waals surface area (Å²) in [6, 6.07) is 8.02. The molecule has 2 aromatic rings. The smallest absolute Gasteiger partial charge is 0.211 e. The van der Waals surface area contributed by atoms with E-state index < -0.39 is 10.0 Å². The van der Waals surface area contributed by atoms with Gasteiger partial charge in [-0.1, -0.05) is 6.07 Å². The average molecular weight is 431 g/mol. The van der Waals surface area contributed by atoms with Crippen LogP contribution in [-0.2, 0) is 23.0 Å². The van der Waals surface area contributed by atoms with Crippen LogP contribution in [0.15, 0.2) is 36.8 Å². The van der Waals surface area contributed by atoms with E-state index in [0.29, 0.717) is 13.1 Å². The lowest BCUT2D eigenvalue weighted by atomic mass is 9.92. The molecule has 0 atom stereocenters. The monoisotopic (exact) mass is 430 g/mol. The number of nitrogens with zero attached hydrogens (tertiary/aromatic N) is 4. The van der Waals surface area contributed by atoms with E-state index in [1.807, 2.05) is 18.2 Å². The van der Waals surface area contributed by atoms with Crippen LogP contribution in [0.5, 0.6) is 5.75 Å². The standard InChI is InChI=1S/C22H30N4O3S/c1-30(27,28)26-13-9-19-15-21(5-4-20(19)16-26)29-14-2-3-18-7-11-25(12-8-18)22-6-10-23-17-24-22/h4-6,10,15,17-18H,2-3,7-9,11-14,16H2,1H3. The topological polar surface area (TPSA) is 75.6 Å². The molecule has 0 bridgehead atoms. The first-order chi connectivity index (χ1) is 14.5. The minimum Gasteiger partial charge on any atom is -0.494 e. The number of anilines is 1. The van der Waals surface area contributed by atoms with Crippen LogP contribution in [0.4, 0.5) is 5.82 Å². The van der Waals surface area contributed by atoms with E-state index >= 15 is 0 Å². The predicted molar refractivity (Wildman–Crippen MR) is 117 cm³/mol. The van der Waals surface area contributed by atoms with Crippen LogP contribution < -0.4 is 9.64 Å². The van der Waals surface area contributed by atoms with Crippen LogP contribution in [0.25, 0.3) is 0 Å². The molecule has 1 aromatic heterocycles. The Bertz CT molecular complexity index is 944. The highest BCUT2D eigenvalue weighted by Gasteiger charge is 2.23. The van der Waals surface area contributed by atoms with Gasteiger partial charge in [0, 0.05) is 32.4 Å². The molecule has 1 aromatic carbocycles. The molecule has 0 radical (unpaired) electrons. The first kappa shape index (κ1) is 21.1. The highest BCUT2D eigenvalue weighted by molar-refractivity contribution is 7.88. The third kappa shape index (κ3) is 5.29. The zero-order valence-corrected chi connectivity index (χ0v) is 18.4. The second-order valence-electron chi connectivity index (χ2n) is 8.27. The quantitative estimate of drug-likeness (QED) is 0.629. The van der Waals surface area contributed by atoms with Gasteiger partial charge in [0.2, 0.25) is 10.0 Å². The van der Waals surface area contributed by atoms with Crippen molar-refractivity contribution in [3.05, 3.63) is 47.9 Å². The second kappa shape index (κ2) is 9.31. The lowest BCUT2D eigenvalue weighted by molar-refractivity contribution is 0.278. The van der Waals surface area contributed by atoms with E-state index in [4.69, 9.17) is 4.74 Å². The van der Waals surface area contributed by atoms with Crippen molar-refractivity contribution in [1.29, 1.82) is 0 Å². The normalized spacial score (nSPS) is 18.2. The molecule has 30 heavy (non-hydrogen) atoms. The summed E-state index contributed by atoms with van der Waals surface area (Å²) in [7, 11) is -3.13. The number of hydrogen-bond donors (Lipinski definition) is 0. The molecule has 0 spiro atoms. The van der Waals surface area contributed by atoms with Gasteiger partial charge in [0.1, 0.15) is 17.9 Å². The molecule has 3 heterocycles. The average Bonchev–Trinajstić information content (AvgIpc) is 2.77. The van der Waals surface area contributed by atoms with E-state index in [2.05, 4.69) is 20.9 Å². The van der Waals surface area contributed by atoms with Crippen molar-refractivity contribution >= 4 is 15.8 Å². The van der Waals surface area contributed by atoms with Gasteiger partial charge in [-0.25, -0.2) is 18.4 Å². The summed E-state index contributed by atoms with van der Waals surface area (Å²) in [5, 5.41) is 0. The van der Waals surface area contributed by atoms with E-state index in [9.17, 15) is 8.42 Å². The summed E-state index contributed by atoms with van der Waals surface area (Å²) in [6.45, 7) is 3.83. The Labute approximate surface area is 179 Å². The fourth-order valence-corrected chi connectivity index (χ4v) is 5.16. The Morgan fingerprint density at radius 1 is 1.13 bits per heavy atom. The van der Waals surface area contributed by atoms with Gasteiger partial charge in [0.15, 0.2) is 0 Å². The number of benzene rings is 1. The Hall–Kier alpha value is -2.19. The number of aromatic nitrogens is 2. The maximum Gasteiger partial charge on any atom is 0.211 e. The highest BCUT2D eigenvalue weighted by Crippen LogP contribution is 2.27. The number of piperidine rings is 1. The lowest BCUT2D eigenvalue weighted by Gasteiger charge is -2.32. The number of rotatable bonds is 7. The van der Waals surface area contributed by atoms with Crippen LogP contribution in [0.3, 0.4) is 0 Å². The third-order valence-corrected chi connectivity index (χ3v) is 7.40. The number of fused-ring (bicyclic) bond motifs is 1. The zero-order valence-electron chi connectivity index (χ0n) is 17.5. The molecule has 4 rings (SSSR count). The van der Waals surface area contributed by atoms with Crippen molar-refractivity contribution in [3.63, 3.8) is 0 Å². The van der Waals surface area contributed by atoms with Crippen molar-refractivity contribution in [2.45, 2.75) is 38.6 Å². The van der Waals surface area contributed by atoms with Gasteiger partial charge >= 0.3 is 0 Å². The molecule has 1 saturated heterocycles. The van der Waals surface area contributed by atoms with Gasteiger partial charge < -0.3 is 9.64 Å². The minimum absolute atomic E-state index is 0.460. The Morgan fingerprint density at radius 2 is 1.97 bits per heavy atom. The van der Waals surface area contributed by atoms with Gasteiger partial charge in [-0.2, -0.15) is 4.31 Å². The molecule has 162 valence electrons. The van der Waals surface area contributed by atoms with Crippen LogP contribution in [0.1, 0.15) is 36.8 Å². The Kier molecular flexibility index (Phi) is 6.53. The van der Waals surface area contributed by atoms with Crippen LogP contribution in [0, 0.1) is 5.92 Å². The van der Waals surface area contributed by atoms with Crippen LogP contribution >= 0.6 is 0 Å². The first-order valence-electron chi connectivity index (χ1n) is 10.7. The van der Waals surface area contributed by atoms with E-state index in [1.54, 1.807) is 12.5 Å². The molecular weight excluding hydrogens is 400 g/mol. The molecule has 0 amide bonds. The largest absolute Gasteiger partial charge is 0.494 e. The predicted octanol–water partition coefficient (Wildman–Crippen LogP) is 2.87. The minimum atomic E-state index is -3.13. The summed E-state index contributed by atoms with van der Waals surface area (Å²) in [5.74, 6) is 2.66. The molecule has 1 fully saturated rings. The molecule has 2 aliphatic rings.